The number of hydrogen-bond donors (Lipinski definition) is 6. The van der Waals surface area contributed by atoms with Crippen molar-refractivity contribution in [3.8, 4) is 0 Å². The Morgan fingerprint density at radius 3 is 2.31 bits per heavy atom. The first-order valence-electron chi connectivity index (χ1n) is 7.48. The maximum Gasteiger partial charge on any atom is 0.322 e. The van der Waals surface area contributed by atoms with Crippen LogP contribution in [-0.2, 0) is 19.2 Å². The number of carboxylic acid groups (broad SMARTS) is 2. The van der Waals surface area contributed by atoms with E-state index in [0.717, 1.165) is 0 Å². The Morgan fingerprint density at radius 1 is 1.19 bits per heavy atom. The third-order valence-electron chi connectivity index (χ3n) is 2.95. The lowest BCUT2D eigenvalue weighted by Gasteiger charge is -2.19. The Kier molecular flexibility index (Phi) is 10.9. The fourth-order valence-corrected chi connectivity index (χ4v) is 2.33. The van der Waals surface area contributed by atoms with E-state index in [0.29, 0.717) is 16.8 Å². The highest BCUT2D eigenvalue weighted by molar-refractivity contribution is 8.13. The molecule has 0 bridgehead atoms. The Bertz CT molecular complexity index is 544. The molecule has 13 heteroatoms. The van der Waals surface area contributed by atoms with Gasteiger partial charge in [0.1, 0.15) is 18.6 Å². The van der Waals surface area contributed by atoms with Crippen molar-refractivity contribution >= 4 is 40.8 Å². The zero-order valence-corrected chi connectivity index (χ0v) is 14.8. The van der Waals surface area contributed by atoms with Crippen LogP contribution >= 0.6 is 11.8 Å². The van der Waals surface area contributed by atoms with Gasteiger partial charge in [0.05, 0.1) is 0 Å². The van der Waals surface area contributed by atoms with E-state index in [-0.39, 0.29) is 25.1 Å². The molecular formula is C13H22N4O8S. The second kappa shape index (κ2) is 12.1. The van der Waals surface area contributed by atoms with Crippen LogP contribution in [0.4, 0.5) is 4.79 Å². The summed E-state index contributed by atoms with van der Waals surface area (Å²) < 4.78 is 0. The number of hydroxylamine groups is 2. The van der Waals surface area contributed by atoms with Crippen LogP contribution in [0.25, 0.3) is 0 Å². The van der Waals surface area contributed by atoms with Gasteiger partial charge in [0.2, 0.25) is 11.8 Å². The first-order valence-corrected chi connectivity index (χ1v) is 8.47. The highest BCUT2D eigenvalue weighted by atomic mass is 32.2. The van der Waals surface area contributed by atoms with Gasteiger partial charge in [-0.3, -0.25) is 29.2 Å². The van der Waals surface area contributed by atoms with Crippen LogP contribution < -0.4 is 16.4 Å². The lowest BCUT2D eigenvalue weighted by Crippen LogP contribution is -2.49. The minimum Gasteiger partial charge on any atom is -0.480 e. The molecule has 0 aliphatic carbocycles. The molecule has 0 fully saturated rings. The fraction of sp³-hybridized carbons (Fsp3) is 0.615. The lowest BCUT2D eigenvalue weighted by molar-refractivity contribution is -0.139. The van der Waals surface area contributed by atoms with Gasteiger partial charge in [-0.25, -0.2) is 5.06 Å². The maximum absolute atomic E-state index is 12.0. The average Bonchev–Trinajstić information content (AvgIpc) is 2.59. The number of amides is 3. The van der Waals surface area contributed by atoms with Crippen molar-refractivity contribution in [3.63, 3.8) is 0 Å². The number of carbonyl (C=O) groups is 5. The first-order chi connectivity index (χ1) is 12.1. The van der Waals surface area contributed by atoms with E-state index in [9.17, 15) is 29.2 Å². The molecule has 0 saturated carbocycles. The summed E-state index contributed by atoms with van der Waals surface area (Å²) in [5.41, 5.74) is 5.28. The monoisotopic (exact) mass is 394 g/mol. The molecule has 0 aromatic rings. The molecule has 0 rings (SSSR count). The number of nitrogens with zero attached hydrogens (tertiary/aromatic N) is 1. The maximum atomic E-state index is 12.0. The Balaban J connectivity index is 4.77. The third kappa shape index (κ3) is 9.80. The Hall–Kier alpha value is -2.38. The van der Waals surface area contributed by atoms with Gasteiger partial charge in [0.15, 0.2) is 0 Å². The molecule has 0 saturated heterocycles. The van der Waals surface area contributed by atoms with Crippen LogP contribution in [0.15, 0.2) is 0 Å². The number of nitrogens with one attached hydrogen (secondary N) is 2. The molecule has 0 aromatic carbocycles. The van der Waals surface area contributed by atoms with Gasteiger partial charge in [0, 0.05) is 18.7 Å². The van der Waals surface area contributed by atoms with Crippen molar-refractivity contribution in [2.45, 2.75) is 31.8 Å². The third-order valence-corrected chi connectivity index (χ3v) is 3.91. The number of thioether (sulfide) groups is 1. The smallest absolute Gasteiger partial charge is 0.322 e. The van der Waals surface area contributed by atoms with E-state index in [4.69, 9.17) is 15.9 Å². The molecular weight excluding hydrogens is 372 g/mol. The summed E-state index contributed by atoms with van der Waals surface area (Å²) in [6, 6.07) is -2.51. The quantitative estimate of drug-likeness (QED) is 0.176. The van der Waals surface area contributed by atoms with Crippen LogP contribution in [0.1, 0.15) is 19.8 Å². The molecule has 0 aliphatic rings. The molecule has 0 spiro atoms. The molecule has 0 unspecified atom stereocenters. The molecule has 12 nitrogen and oxygen atoms in total. The van der Waals surface area contributed by atoms with Crippen molar-refractivity contribution < 1.29 is 39.4 Å². The summed E-state index contributed by atoms with van der Waals surface area (Å²) in [5, 5.41) is 30.5. The summed E-state index contributed by atoms with van der Waals surface area (Å²) in [5.74, 6) is -4.38. The van der Waals surface area contributed by atoms with E-state index in [1.54, 1.807) is 0 Å². The molecule has 2 atom stereocenters. The minimum atomic E-state index is -1.30. The molecule has 26 heavy (non-hydrogen) atoms. The molecule has 0 aliphatic heterocycles. The van der Waals surface area contributed by atoms with E-state index >= 15 is 0 Å². The summed E-state index contributed by atoms with van der Waals surface area (Å²) in [6.45, 7) is 0.846. The lowest BCUT2D eigenvalue weighted by atomic mass is 10.1. The van der Waals surface area contributed by atoms with Crippen molar-refractivity contribution in [2.75, 3.05) is 18.8 Å². The van der Waals surface area contributed by atoms with Gasteiger partial charge in [-0.2, -0.15) is 0 Å². The van der Waals surface area contributed by atoms with Crippen LogP contribution in [0.5, 0.6) is 0 Å². The zero-order chi connectivity index (χ0) is 20.3. The molecule has 0 aromatic heterocycles. The van der Waals surface area contributed by atoms with Gasteiger partial charge in [-0.1, -0.05) is 11.8 Å². The molecule has 0 heterocycles. The zero-order valence-electron chi connectivity index (χ0n) is 14.0. The van der Waals surface area contributed by atoms with E-state index < -0.39 is 47.6 Å². The van der Waals surface area contributed by atoms with Gasteiger partial charge in [-0.05, 0) is 13.3 Å². The highest BCUT2D eigenvalue weighted by Crippen LogP contribution is 2.09. The average molecular weight is 394 g/mol. The number of carbonyl (C=O) groups excluding carboxylic acids is 3. The molecule has 7 N–H and O–H groups in total. The molecule has 148 valence electrons. The van der Waals surface area contributed by atoms with Crippen molar-refractivity contribution in [1.29, 1.82) is 0 Å². The number of aliphatic carboxylic acids is 2. The second-order valence-electron chi connectivity index (χ2n) is 5.01. The fourth-order valence-electron chi connectivity index (χ4n) is 1.50. The van der Waals surface area contributed by atoms with E-state index in [1.165, 1.54) is 6.92 Å². The van der Waals surface area contributed by atoms with Crippen molar-refractivity contribution in [2.24, 2.45) is 5.73 Å². The Labute approximate surface area is 153 Å². The van der Waals surface area contributed by atoms with Crippen molar-refractivity contribution in [3.05, 3.63) is 0 Å². The van der Waals surface area contributed by atoms with Gasteiger partial charge >= 0.3 is 17.2 Å². The van der Waals surface area contributed by atoms with Gasteiger partial charge in [-0.15, -0.1) is 0 Å². The summed E-state index contributed by atoms with van der Waals surface area (Å²) in [6.07, 6.45) is -0.452. The normalized spacial score (nSPS) is 12.6. The standard InChI is InChI=1S/C13H22N4O8S/c1-2-17(25)13(24)26-6-8(11(21)15-5-10(19)20)16-9(18)4-3-7(14)12(22)23/h7-8,25H,2-6,14H2,1H3,(H,15,21)(H,16,18)(H,19,20)(H,22,23)/t7-,8-/m0/s1. The van der Waals surface area contributed by atoms with Gasteiger partial charge in [0.25, 0.3) is 0 Å². The SMILES string of the molecule is CCN(O)C(=O)SC[C@H](NC(=O)CC[C@H](N)C(=O)O)C(=O)NCC(=O)O. The second-order valence-corrected chi connectivity index (χ2v) is 5.98. The van der Waals surface area contributed by atoms with Gasteiger partial charge < -0.3 is 26.6 Å². The number of rotatable bonds is 11. The Morgan fingerprint density at radius 2 is 1.81 bits per heavy atom. The number of nitrogens with two attached hydrogens (primary N) is 1. The molecule has 0 radical (unpaired) electrons. The van der Waals surface area contributed by atoms with Crippen LogP contribution in [0.2, 0.25) is 0 Å². The summed E-state index contributed by atoms with van der Waals surface area (Å²) >= 11 is 0.546. The minimum absolute atomic E-state index is 0.0150. The number of hydrogen-bond acceptors (Lipinski definition) is 8. The van der Waals surface area contributed by atoms with Crippen LogP contribution in [0, 0.1) is 0 Å². The predicted octanol–water partition coefficient (Wildman–Crippen LogP) is -1.57. The number of carboxylic acids is 2. The summed E-state index contributed by atoms with van der Waals surface area (Å²) in [4.78, 5) is 56.5. The highest BCUT2D eigenvalue weighted by Gasteiger charge is 2.24. The topological polar surface area (TPSA) is 199 Å². The van der Waals surface area contributed by atoms with E-state index in [2.05, 4.69) is 10.6 Å². The summed E-state index contributed by atoms with van der Waals surface area (Å²) in [7, 11) is 0. The largest absolute Gasteiger partial charge is 0.480 e. The predicted molar refractivity (Wildman–Crippen MR) is 89.4 cm³/mol. The van der Waals surface area contributed by atoms with Crippen molar-refractivity contribution in [1.82, 2.24) is 15.7 Å². The first kappa shape index (κ1) is 23.6. The van der Waals surface area contributed by atoms with Crippen LogP contribution in [-0.4, -0.2) is 80.4 Å². The van der Waals surface area contributed by atoms with E-state index in [1.807, 2.05) is 0 Å². The van der Waals surface area contributed by atoms with Crippen LogP contribution in [0.3, 0.4) is 0 Å². The molecule has 3 amide bonds.